The highest BCUT2D eigenvalue weighted by Crippen LogP contribution is 2.48. The molecule has 2 fully saturated rings. The zero-order valence-corrected chi connectivity index (χ0v) is 12.0. The number of hydrogen-bond donors (Lipinski definition) is 1. The summed E-state index contributed by atoms with van der Waals surface area (Å²) in [4.78, 5) is 13.7. The van der Waals surface area contributed by atoms with Gasteiger partial charge in [0.2, 0.25) is 0 Å². The fourth-order valence-corrected chi connectivity index (χ4v) is 3.66. The normalized spacial score (nSPS) is 33.9. The Bertz CT molecular complexity index is 473. The molecule has 1 aliphatic heterocycles. The average Bonchev–Trinajstić information content (AvgIpc) is 3.21. The first kappa shape index (κ1) is 13.6. The Morgan fingerprint density at radius 1 is 1.35 bits per heavy atom. The molecule has 1 saturated carbocycles. The molecule has 1 aliphatic carbocycles. The zero-order valence-electron chi connectivity index (χ0n) is 12.0. The van der Waals surface area contributed by atoms with E-state index in [1.807, 2.05) is 0 Å². The van der Waals surface area contributed by atoms with E-state index in [0.29, 0.717) is 11.8 Å². The summed E-state index contributed by atoms with van der Waals surface area (Å²) in [6.45, 7) is 4.20. The molecule has 4 atom stereocenters. The van der Waals surface area contributed by atoms with Crippen molar-refractivity contribution in [2.45, 2.75) is 38.1 Å². The molecule has 2 unspecified atom stereocenters. The molecular formula is C17H23NO2. The van der Waals surface area contributed by atoms with Crippen molar-refractivity contribution >= 4 is 5.97 Å². The molecule has 1 aromatic rings. The SMILES string of the molecule is C[C@@H]1[C@H](C(=O)O)CCCN1CC1CC1c1ccccc1. The summed E-state index contributed by atoms with van der Waals surface area (Å²) in [6, 6.07) is 10.9. The first-order valence-corrected chi connectivity index (χ1v) is 7.68. The number of hydrogen-bond acceptors (Lipinski definition) is 2. The van der Waals surface area contributed by atoms with Gasteiger partial charge < -0.3 is 5.11 Å². The quantitative estimate of drug-likeness (QED) is 0.917. The fraction of sp³-hybridized carbons (Fsp3) is 0.588. The molecule has 0 bridgehead atoms. The highest BCUT2D eigenvalue weighted by Gasteiger charge is 2.42. The van der Waals surface area contributed by atoms with E-state index in [1.165, 1.54) is 12.0 Å². The Labute approximate surface area is 120 Å². The van der Waals surface area contributed by atoms with Gasteiger partial charge in [-0.1, -0.05) is 30.3 Å². The lowest BCUT2D eigenvalue weighted by Crippen LogP contribution is -2.47. The molecule has 1 heterocycles. The Kier molecular flexibility index (Phi) is 3.79. The van der Waals surface area contributed by atoms with Crippen LogP contribution < -0.4 is 0 Å². The minimum absolute atomic E-state index is 0.179. The van der Waals surface area contributed by atoms with Gasteiger partial charge in [-0.15, -0.1) is 0 Å². The van der Waals surface area contributed by atoms with Gasteiger partial charge in [0.05, 0.1) is 5.92 Å². The van der Waals surface area contributed by atoms with Gasteiger partial charge in [-0.2, -0.15) is 0 Å². The van der Waals surface area contributed by atoms with E-state index < -0.39 is 5.97 Å². The Morgan fingerprint density at radius 3 is 2.80 bits per heavy atom. The molecule has 1 aromatic carbocycles. The largest absolute Gasteiger partial charge is 0.481 e. The van der Waals surface area contributed by atoms with Gasteiger partial charge in [0, 0.05) is 12.6 Å². The zero-order chi connectivity index (χ0) is 14.1. The van der Waals surface area contributed by atoms with Crippen LogP contribution in [-0.2, 0) is 4.79 Å². The van der Waals surface area contributed by atoms with E-state index in [9.17, 15) is 9.90 Å². The molecule has 2 aliphatic rings. The van der Waals surface area contributed by atoms with Crippen LogP contribution in [0.4, 0.5) is 0 Å². The van der Waals surface area contributed by atoms with Crippen LogP contribution in [0.5, 0.6) is 0 Å². The van der Waals surface area contributed by atoms with E-state index in [-0.39, 0.29) is 12.0 Å². The summed E-state index contributed by atoms with van der Waals surface area (Å²) in [5, 5.41) is 9.28. The van der Waals surface area contributed by atoms with Gasteiger partial charge in [0.15, 0.2) is 0 Å². The van der Waals surface area contributed by atoms with E-state index in [2.05, 4.69) is 42.2 Å². The van der Waals surface area contributed by atoms with E-state index >= 15 is 0 Å². The van der Waals surface area contributed by atoms with Gasteiger partial charge in [0.25, 0.3) is 0 Å². The standard InChI is InChI=1S/C17H23NO2/c1-12-15(17(19)20)8-5-9-18(12)11-14-10-16(14)13-6-3-2-4-7-13/h2-4,6-7,12,14-16H,5,8-11H2,1H3,(H,19,20)/t12-,14?,15-,16?/m1/s1. The minimum atomic E-state index is -0.627. The third kappa shape index (κ3) is 2.73. The summed E-state index contributed by atoms with van der Waals surface area (Å²) < 4.78 is 0. The predicted octanol–water partition coefficient (Wildman–Crippen LogP) is 2.98. The molecule has 0 radical (unpaired) electrons. The lowest BCUT2D eigenvalue weighted by atomic mass is 9.90. The number of likely N-dealkylation sites (tertiary alicyclic amines) is 1. The first-order chi connectivity index (χ1) is 9.66. The summed E-state index contributed by atoms with van der Waals surface area (Å²) in [5.74, 6) is 0.594. The summed E-state index contributed by atoms with van der Waals surface area (Å²) in [7, 11) is 0. The van der Waals surface area contributed by atoms with Crippen molar-refractivity contribution in [1.82, 2.24) is 4.90 Å². The van der Waals surface area contributed by atoms with Crippen LogP contribution in [0.3, 0.4) is 0 Å². The van der Waals surface area contributed by atoms with Gasteiger partial charge in [0.1, 0.15) is 0 Å². The van der Waals surface area contributed by atoms with Gasteiger partial charge >= 0.3 is 5.97 Å². The topological polar surface area (TPSA) is 40.5 Å². The number of carboxylic acid groups (broad SMARTS) is 1. The number of carbonyl (C=O) groups is 1. The van der Waals surface area contributed by atoms with Crippen molar-refractivity contribution in [2.24, 2.45) is 11.8 Å². The lowest BCUT2D eigenvalue weighted by Gasteiger charge is -2.37. The predicted molar refractivity (Wildman–Crippen MR) is 78.7 cm³/mol. The van der Waals surface area contributed by atoms with Crippen LogP contribution in [0.25, 0.3) is 0 Å². The molecule has 20 heavy (non-hydrogen) atoms. The maximum Gasteiger partial charge on any atom is 0.308 e. The number of piperidine rings is 1. The molecule has 3 heteroatoms. The monoisotopic (exact) mass is 273 g/mol. The molecule has 0 amide bonds. The number of nitrogens with zero attached hydrogens (tertiary/aromatic N) is 1. The van der Waals surface area contributed by atoms with Crippen LogP contribution >= 0.6 is 0 Å². The molecule has 1 saturated heterocycles. The van der Waals surface area contributed by atoms with Crippen molar-refractivity contribution < 1.29 is 9.90 Å². The Morgan fingerprint density at radius 2 is 2.10 bits per heavy atom. The van der Waals surface area contributed by atoms with Gasteiger partial charge in [-0.05, 0) is 50.1 Å². The third-order valence-corrected chi connectivity index (χ3v) is 5.06. The van der Waals surface area contributed by atoms with Crippen LogP contribution in [0.15, 0.2) is 30.3 Å². The Balaban J connectivity index is 1.58. The molecule has 1 N–H and O–H groups in total. The number of rotatable bonds is 4. The summed E-state index contributed by atoms with van der Waals surface area (Å²) in [5.41, 5.74) is 1.44. The molecule has 0 spiro atoms. The highest BCUT2D eigenvalue weighted by molar-refractivity contribution is 5.70. The lowest BCUT2D eigenvalue weighted by molar-refractivity contribution is -0.145. The van der Waals surface area contributed by atoms with E-state index in [1.54, 1.807) is 0 Å². The second-order valence-corrected chi connectivity index (χ2v) is 6.34. The highest BCUT2D eigenvalue weighted by atomic mass is 16.4. The van der Waals surface area contributed by atoms with Crippen molar-refractivity contribution in [3.63, 3.8) is 0 Å². The van der Waals surface area contributed by atoms with Crippen molar-refractivity contribution in [1.29, 1.82) is 0 Å². The molecule has 0 aromatic heterocycles. The van der Waals surface area contributed by atoms with Gasteiger partial charge in [-0.25, -0.2) is 0 Å². The number of benzene rings is 1. The van der Waals surface area contributed by atoms with Crippen molar-refractivity contribution in [2.75, 3.05) is 13.1 Å². The second-order valence-electron chi connectivity index (χ2n) is 6.34. The molecule has 108 valence electrons. The number of carboxylic acids is 1. The van der Waals surface area contributed by atoms with Crippen molar-refractivity contribution in [3.8, 4) is 0 Å². The van der Waals surface area contributed by atoms with Crippen molar-refractivity contribution in [3.05, 3.63) is 35.9 Å². The number of aliphatic carboxylic acids is 1. The van der Waals surface area contributed by atoms with Gasteiger partial charge in [-0.3, -0.25) is 9.69 Å². The van der Waals surface area contributed by atoms with Crippen LogP contribution in [0, 0.1) is 11.8 Å². The second kappa shape index (κ2) is 5.57. The van der Waals surface area contributed by atoms with Crippen LogP contribution in [-0.4, -0.2) is 35.1 Å². The molecule has 3 nitrogen and oxygen atoms in total. The van der Waals surface area contributed by atoms with Crippen LogP contribution in [0.2, 0.25) is 0 Å². The van der Waals surface area contributed by atoms with Crippen LogP contribution in [0.1, 0.15) is 37.7 Å². The average molecular weight is 273 g/mol. The molecule has 3 rings (SSSR count). The first-order valence-electron chi connectivity index (χ1n) is 7.68. The Hall–Kier alpha value is -1.35. The summed E-state index contributed by atoms with van der Waals surface area (Å²) >= 11 is 0. The smallest absolute Gasteiger partial charge is 0.308 e. The maximum atomic E-state index is 11.3. The van der Waals surface area contributed by atoms with E-state index in [4.69, 9.17) is 0 Å². The maximum absolute atomic E-state index is 11.3. The third-order valence-electron chi connectivity index (χ3n) is 5.06. The minimum Gasteiger partial charge on any atom is -0.481 e. The summed E-state index contributed by atoms with van der Waals surface area (Å²) in [6.07, 6.45) is 3.11. The fourth-order valence-electron chi connectivity index (χ4n) is 3.66. The molecular weight excluding hydrogens is 250 g/mol. The van der Waals surface area contributed by atoms with E-state index in [0.717, 1.165) is 25.9 Å².